The van der Waals surface area contributed by atoms with Crippen molar-refractivity contribution in [3.8, 4) is 5.75 Å². The highest BCUT2D eigenvalue weighted by Crippen LogP contribution is 2.20. The maximum Gasteiger partial charge on any atom is 0.261 e. The van der Waals surface area contributed by atoms with Gasteiger partial charge in [-0.2, -0.15) is 0 Å². The fourth-order valence-electron chi connectivity index (χ4n) is 3.39. The van der Waals surface area contributed by atoms with Gasteiger partial charge in [-0.1, -0.05) is 43.4 Å². The first kappa shape index (κ1) is 21.2. The number of amides is 1. The summed E-state index contributed by atoms with van der Waals surface area (Å²) in [6.07, 6.45) is 6.81. The summed E-state index contributed by atoms with van der Waals surface area (Å²) in [6, 6.07) is 13.4. The fourth-order valence-corrected chi connectivity index (χ4v) is 4.45. The fraction of sp³-hybridized carbons (Fsp3) is 0.409. The number of hydrogen-bond donors (Lipinski definition) is 2. The lowest BCUT2D eigenvalue weighted by Gasteiger charge is -2.16. The molecule has 1 aliphatic rings. The number of anilines is 1. The third-order valence-corrected chi connectivity index (χ3v) is 6.43. The van der Waals surface area contributed by atoms with E-state index >= 15 is 0 Å². The number of carbonyl (C=O) groups excluding carboxylic acids is 1. The normalized spacial score (nSPS) is 15.3. The van der Waals surface area contributed by atoms with Crippen molar-refractivity contribution in [3.63, 3.8) is 0 Å². The van der Waals surface area contributed by atoms with E-state index in [0.717, 1.165) is 31.2 Å². The van der Waals surface area contributed by atoms with Crippen LogP contribution in [0.4, 0.5) is 5.69 Å². The van der Waals surface area contributed by atoms with Gasteiger partial charge in [0.2, 0.25) is 0 Å². The molecule has 1 aliphatic carbocycles. The summed E-state index contributed by atoms with van der Waals surface area (Å²) in [5.41, 5.74) is 1.56. The molecular weight excluding hydrogens is 388 g/mol. The van der Waals surface area contributed by atoms with Crippen molar-refractivity contribution in [3.05, 3.63) is 54.1 Å². The van der Waals surface area contributed by atoms with Crippen molar-refractivity contribution in [2.45, 2.75) is 56.4 Å². The van der Waals surface area contributed by atoms with Gasteiger partial charge in [0.1, 0.15) is 5.75 Å². The first-order chi connectivity index (χ1) is 13.9. The quantitative estimate of drug-likeness (QED) is 0.668. The molecule has 0 heterocycles. The summed E-state index contributed by atoms with van der Waals surface area (Å²) in [4.78, 5) is 12.2. The van der Waals surface area contributed by atoms with Crippen molar-refractivity contribution >= 4 is 21.6 Å². The Hall–Kier alpha value is -2.54. The zero-order chi connectivity index (χ0) is 20.7. The van der Waals surface area contributed by atoms with E-state index in [1.165, 1.54) is 25.0 Å². The number of rotatable bonds is 7. The van der Waals surface area contributed by atoms with Crippen molar-refractivity contribution in [2.75, 3.05) is 11.3 Å². The molecule has 0 unspecified atom stereocenters. The van der Waals surface area contributed by atoms with Gasteiger partial charge in [-0.25, -0.2) is 8.42 Å². The van der Waals surface area contributed by atoms with E-state index in [0.29, 0.717) is 11.4 Å². The first-order valence-electron chi connectivity index (χ1n) is 10.0. The van der Waals surface area contributed by atoms with Gasteiger partial charge < -0.3 is 10.1 Å². The summed E-state index contributed by atoms with van der Waals surface area (Å²) in [7, 11) is -3.68. The Balaban J connectivity index is 1.52. The zero-order valence-electron chi connectivity index (χ0n) is 16.7. The largest absolute Gasteiger partial charge is 0.484 e. The molecule has 3 rings (SSSR count). The molecule has 1 amide bonds. The summed E-state index contributed by atoms with van der Waals surface area (Å²) in [5, 5.41) is 3.03. The standard InChI is InChI=1S/C22H28N2O4S/c1-17-8-10-19(11-9-17)24-29(26,27)21-14-12-20(13-15-21)28-16-22(25)23-18-6-4-2-3-5-7-18/h8-15,18,24H,2-7,16H2,1H3,(H,23,25). The van der Waals surface area contributed by atoms with Crippen LogP contribution in [0.25, 0.3) is 0 Å². The molecular formula is C22H28N2O4S. The highest BCUT2D eigenvalue weighted by molar-refractivity contribution is 7.92. The number of benzene rings is 2. The maximum atomic E-state index is 12.5. The van der Waals surface area contributed by atoms with E-state index in [1.54, 1.807) is 24.3 Å². The second-order valence-electron chi connectivity index (χ2n) is 7.49. The monoisotopic (exact) mass is 416 g/mol. The van der Waals surface area contributed by atoms with E-state index in [-0.39, 0.29) is 23.5 Å². The number of hydrogen-bond acceptors (Lipinski definition) is 4. The van der Waals surface area contributed by atoms with E-state index in [2.05, 4.69) is 10.0 Å². The molecule has 0 radical (unpaired) electrons. The topological polar surface area (TPSA) is 84.5 Å². The number of ether oxygens (including phenoxy) is 1. The molecule has 0 atom stereocenters. The maximum absolute atomic E-state index is 12.5. The predicted molar refractivity (Wildman–Crippen MR) is 114 cm³/mol. The average Bonchev–Trinajstić information content (AvgIpc) is 2.97. The Morgan fingerprint density at radius 3 is 2.21 bits per heavy atom. The molecule has 7 heteroatoms. The second kappa shape index (κ2) is 9.78. The summed E-state index contributed by atoms with van der Waals surface area (Å²) >= 11 is 0. The SMILES string of the molecule is Cc1ccc(NS(=O)(=O)c2ccc(OCC(=O)NC3CCCCCC3)cc2)cc1. The molecule has 156 valence electrons. The molecule has 29 heavy (non-hydrogen) atoms. The van der Waals surface area contributed by atoms with Gasteiger partial charge in [-0.3, -0.25) is 9.52 Å². The lowest BCUT2D eigenvalue weighted by atomic mass is 10.1. The van der Waals surface area contributed by atoms with Crippen LogP contribution in [0.3, 0.4) is 0 Å². The van der Waals surface area contributed by atoms with Crippen LogP contribution >= 0.6 is 0 Å². The molecule has 0 bridgehead atoms. The number of sulfonamides is 1. The minimum atomic E-state index is -3.68. The molecule has 0 aromatic heterocycles. The molecule has 2 aromatic rings. The van der Waals surface area contributed by atoms with Crippen LogP contribution in [0.15, 0.2) is 53.4 Å². The van der Waals surface area contributed by atoms with Gasteiger partial charge in [0.05, 0.1) is 4.90 Å². The number of aryl methyl sites for hydroxylation is 1. The zero-order valence-corrected chi connectivity index (χ0v) is 17.5. The van der Waals surface area contributed by atoms with Gasteiger partial charge in [0.15, 0.2) is 6.61 Å². The van der Waals surface area contributed by atoms with Crippen LogP contribution in [0.2, 0.25) is 0 Å². The van der Waals surface area contributed by atoms with E-state index < -0.39 is 10.0 Å². The number of nitrogens with one attached hydrogen (secondary N) is 2. The molecule has 1 fully saturated rings. The summed E-state index contributed by atoms with van der Waals surface area (Å²) < 4.78 is 33.1. The van der Waals surface area contributed by atoms with Crippen molar-refractivity contribution < 1.29 is 17.9 Å². The molecule has 0 spiro atoms. The molecule has 6 nitrogen and oxygen atoms in total. The molecule has 0 aliphatic heterocycles. The van der Waals surface area contributed by atoms with Crippen LogP contribution in [-0.2, 0) is 14.8 Å². The van der Waals surface area contributed by atoms with E-state index in [9.17, 15) is 13.2 Å². The van der Waals surface area contributed by atoms with Crippen LogP contribution in [0.1, 0.15) is 44.1 Å². The smallest absolute Gasteiger partial charge is 0.261 e. The highest BCUT2D eigenvalue weighted by Gasteiger charge is 2.16. The summed E-state index contributed by atoms with van der Waals surface area (Å²) in [5.74, 6) is 0.310. The van der Waals surface area contributed by atoms with E-state index in [4.69, 9.17) is 4.74 Å². The van der Waals surface area contributed by atoms with Crippen LogP contribution in [-0.4, -0.2) is 27.0 Å². The highest BCUT2D eigenvalue weighted by atomic mass is 32.2. The third kappa shape index (κ3) is 6.49. The Kier molecular flexibility index (Phi) is 7.14. The Morgan fingerprint density at radius 1 is 0.966 bits per heavy atom. The lowest BCUT2D eigenvalue weighted by molar-refractivity contribution is -0.123. The average molecular weight is 417 g/mol. The Labute approximate surface area is 172 Å². The summed E-state index contributed by atoms with van der Waals surface area (Å²) in [6.45, 7) is 1.86. The molecule has 0 saturated heterocycles. The van der Waals surface area contributed by atoms with Gasteiger partial charge in [-0.05, 0) is 56.2 Å². The first-order valence-corrected chi connectivity index (χ1v) is 11.5. The van der Waals surface area contributed by atoms with Crippen molar-refractivity contribution in [1.29, 1.82) is 0 Å². The molecule has 2 aromatic carbocycles. The van der Waals surface area contributed by atoms with Gasteiger partial charge in [0.25, 0.3) is 15.9 Å². The van der Waals surface area contributed by atoms with Crippen molar-refractivity contribution in [2.24, 2.45) is 0 Å². The van der Waals surface area contributed by atoms with Crippen molar-refractivity contribution in [1.82, 2.24) is 5.32 Å². The second-order valence-corrected chi connectivity index (χ2v) is 9.17. The van der Waals surface area contributed by atoms with Crippen LogP contribution in [0, 0.1) is 6.92 Å². The minimum Gasteiger partial charge on any atom is -0.484 e. The minimum absolute atomic E-state index is 0.0792. The van der Waals surface area contributed by atoms with Gasteiger partial charge in [-0.15, -0.1) is 0 Å². The predicted octanol–water partition coefficient (Wildman–Crippen LogP) is 4.01. The van der Waals surface area contributed by atoms with Crippen LogP contribution in [0.5, 0.6) is 5.75 Å². The molecule has 1 saturated carbocycles. The van der Waals surface area contributed by atoms with Gasteiger partial charge >= 0.3 is 0 Å². The van der Waals surface area contributed by atoms with E-state index in [1.807, 2.05) is 19.1 Å². The van der Waals surface area contributed by atoms with Crippen LogP contribution < -0.4 is 14.8 Å². The Morgan fingerprint density at radius 2 is 1.59 bits per heavy atom. The Bertz CT molecular complexity index is 901. The van der Waals surface area contributed by atoms with Gasteiger partial charge in [0, 0.05) is 11.7 Å². The number of carbonyl (C=O) groups is 1. The third-order valence-electron chi connectivity index (χ3n) is 5.03. The lowest BCUT2D eigenvalue weighted by Crippen LogP contribution is -2.37. The molecule has 2 N–H and O–H groups in total.